The molecule has 30 heavy (non-hydrogen) atoms. The molecule has 0 atom stereocenters. The standard InChI is InChI=1S/C24H20N2O3S/c1-26(15-17-9-3-2-4-10-17)22(27)16-29-24(28)19-12-6-5-11-18(19)23-25-20-13-7-8-14-21(20)30-23/h2-14H,15-16H2,1H3. The van der Waals surface area contributed by atoms with Crippen molar-refractivity contribution in [2.45, 2.75) is 6.54 Å². The van der Waals surface area contributed by atoms with Gasteiger partial charge in [-0.2, -0.15) is 0 Å². The summed E-state index contributed by atoms with van der Waals surface area (Å²) >= 11 is 1.52. The lowest BCUT2D eigenvalue weighted by atomic mass is 10.1. The van der Waals surface area contributed by atoms with Crippen LogP contribution < -0.4 is 0 Å². The second kappa shape index (κ2) is 8.88. The Labute approximate surface area is 178 Å². The van der Waals surface area contributed by atoms with Gasteiger partial charge in [-0.05, 0) is 23.8 Å². The minimum absolute atomic E-state index is 0.260. The van der Waals surface area contributed by atoms with E-state index in [4.69, 9.17) is 4.74 Å². The monoisotopic (exact) mass is 416 g/mol. The summed E-state index contributed by atoms with van der Waals surface area (Å²) in [5.74, 6) is -0.795. The SMILES string of the molecule is CN(Cc1ccccc1)C(=O)COC(=O)c1ccccc1-c1nc2ccccc2s1. The molecule has 0 radical (unpaired) electrons. The number of fused-ring (bicyclic) bond motifs is 1. The molecule has 0 spiro atoms. The van der Waals surface area contributed by atoms with Crippen LogP contribution >= 0.6 is 11.3 Å². The number of likely N-dealkylation sites (N-methyl/N-ethyl adjacent to an activating group) is 1. The number of benzene rings is 3. The number of nitrogens with zero attached hydrogens (tertiary/aromatic N) is 2. The summed E-state index contributed by atoms with van der Waals surface area (Å²) in [7, 11) is 1.69. The Morgan fingerprint density at radius 3 is 2.43 bits per heavy atom. The zero-order valence-corrected chi connectivity index (χ0v) is 17.3. The minimum atomic E-state index is -0.536. The lowest BCUT2D eigenvalue weighted by molar-refractivity contribution is -0.133. The van der Waals surface area contributed by atoms with Crippen LogP contribution in [0, 0.1) is 0 Å². The maximum absolute atomic E-state index is 12.7. The van der Waals surface area contributed by atoms with Gasteiger partial charge in [-0.15, -0.1) is 11.3 Å². The summed E-state index contributed by atoms with van der Waals surface area (Å²) in [6.07, 6.45) is 0. The lowest BCUT2D eigenvalue weighted by Crippen LogP contribution is -2.30. The average molecular weight is 417 g/mol. The molecule has 0 N–H and O–H groups in total. The van der Waals surface area contributed by atoms with Crippen molar-refractivity contribution in [3.8, 4) is 10.6 Å². The molecule has 1 heterocycles. The number of rotatable bonds is 6. The van der Waals surface area contributed by atoms with Crippen molar-refractivity contribution in [1.29, 1.82) is 0 Å². The Balaban J connectivity index is 1.46. The van der Waals surface area contributed by atoms with E-state index in [0.29, 0.717) is 17.7 Å². The van der Waals surface area contributed by atoms with Crippen LogP contribution in [0.4, 0.5) is 0 Å². The van der Waals surface area contributed by atoms with Crippen molar-refractivity contribution < 1.29 is 14.3 Å². The van der Waals surface area contributed by atoms with E-state index in [-0.39, 0.29) is 12.5 Å². The van der Waals surface area contributed by atoms with E-state index in [1.807, 2.05) is 66.7 Å². The van der Waals surface area contributed by atoms with Crippen molar-refractivity contribution in [1.82, 2.24) is 9.88 Å². The molecule has 0 saturated heterocycles. The Bertz CT molecular complexity index is 1150. The summed E-state index contributed by atoms with van der Waals surface area (Å²) in [5.41, 5.74) is 3.00. The number of amides is 1. The third-order valence-electron chi connectivity index (χ3n) is 4.69. The summed E-state index contributed by atoms with van der Waals surface area (Å²) in [6, 6.07) is 24.7. The van der Waals surface area contributed by atoms with E-state index >= 15 is 0 Å². The highest BCUT2D eigenvalue weighted by Gasteiger charge is 2.19. The van der Waals surface area contributed by atoms with E-state index in [9.17, 15) is 9.59 Å². The van der Waals surface area contributed by atoms with Gasteiger partial charge in [0.25, 0.3) is 5.91 Å². The molecule has 5 nitrogen and oxygen atoms in total. The molecular formula is C24H20N2O3S. The first kappa shape index (κ1) is 19.8. The van der Waals surface area contributed by atoms with Crippen molar-refractivity contribution in [2.24, 2.45) is 0 Å². The molecule has 4 aromatic rings. The van der Waals surface area contributed by atoms with Gasteiger partial charge in [-0.25, -0.2) is 9.78 Å². The first-order chi connectivity index (χ1) is 14.6. The van der Waals surface area contributed by atoms with Gasteiger partial charge in [0.1, 0.15) is 5.01 Å². The van der Waals surface area contributed by atoms with Crippen LogP contribution in [0.1, 0.15) is 15.9 Å². The number of hydrogen-bond donors (Lipinski definition) is 0. The topological polar surface area (TPSA) is 59.5 Å². The van der Waals surface area contributed by atoms with E-state index in [0.717, 1.165) is 20.8 Å². The lowest BCUT2D eigenvalue weighted by Gasteiger charge is -2.17. The van der Waals surface area contributed by atoms with Gasteiger partial charge < -0.3 is 9.64 Å². The molecule has 0 aliphatic rings. The fourth-order valence-corrected chi connectivity index (χ4v) is 4.10. The molecule has 0 bridgehead atoms. The number of para-hydroxylation sites is 1. The van der Waals surface area contributed by atoms with E-state index in [1.54, 1.807) is 24.1 Å². The van der Waals surface area contributed by atoms with Crippen molar-refractivity contribution in [2.75, 3.05) is 13.7 Å². The molecule has 3 aromatic carbocycles. The number of hydrogen-bond acceptors (Lipinski definition) is 5. The molecule has 1 aromatic heterocycles. The highest BCUT2D eigenvalue weighted by molar-refractivity contribution is 7.21. The summed E-state index contributed by atoms with van der Waals surface area (Å²) in [6.45, 7) is 0.149. The second-order valence-corrected chi connectivity index (χ2v) is 7.87. The summed E-state index contributed by atoms with van der Waals surface area (Å²) in [4.78, 5) is 31.3. The Morgan fingerprint density at radius 1 is 0.933 bits per heavy atom. The maximum Gasteiger partial charge on any atom is 0.339 e. The Kier molecular flexibility index (Phi) is 5.86. The van der Waals surface area contributed by atoms with Crippen LogP contribution in [0.3, 0.4) is 0 Å². The van der Waals surface area contributed by atoms with Crippen LogP contribution in [0.15, 0.2) is 78.9 Å². The molecule has 0 fully saturated rings. The van der Waals surface area contributed by atoms with Crippen molar-refractivity contribution in [3.63, 3.8) is 0 Å². The quantitative estimate of drug-likeness (QED) is 0.425. The van der Waals surface area contributed by atoms with E-state index in [2.05, 4.69) is 4.98 Å². The molecule has 4 rings (SSSR count). The van der Waals surface area contributed by atoms with Crippen molar-refractivity contribution >= 4 is 33.4 Å². The van der Waals surface area contributed by atoms with Crippen LogP contribution in [0.5, 0.6) is 0 Å². The third kappa shape index (κ3) is 4.39. The maximum atomic E-state index is 12.7. The van der Waals surface area contributed by atoms with Gasteiger partial charge in [-0.3, -0.25) is 4.79 Å². The predicted octanol–water partition coefficient (Wildman–Crippen LogP) is 4.78. The number of carbonyl (C=O) groups excluding carboxylic acids is 2. The van der Waals surface area contributed by atoms with Gasteiger partial charge in [0.2, 0.25) is 0 Å². The van der Waals surface area contributed by atoms with E-state index < -0.39 is 5.97 Å². The third-order valence-corrected chi connectivity index (χ3v) is 5.76. The molecule has 0 saturated carbocycles. The van der Waals surface area contributed by atoms with Gasteiger partial charge in [0.05, 0.1) is 15.8 Å². The van der Waals surface area contributed by atoms with Crippen molar-refractivity contribution in [3.05, 3.63) is 90.0 Å². The molecule has 150 valence electrons. The molecule has 0 aliphatic carbocycles. The largest absolute Gasteiger partial charge is 0.452 e. The van der Waals surface area contributed by atoms with Crippen LogP contribution in [0.2, 0.25) is 0 Å². The Morgan fingerprint density at radius 2 is 1.63 bits per heavy atom. The van der Waals surface area contributed by atoms with Gasteiger partial charge in [0, 0.05) is 19.2 Å². The first-order valence-corrected chi connectivity index (χ1v) is 10.3. The fourth-order valence-electron chi connectivity index (χ4n) is 3.10. The molecular weight excluding hydrogens is 396 g/mol. The van der Waals surface area contributed by atoms with Gasteiger partial charge in [0.15, 0.2) is 6.61 Å². The number of carbonyl (C=O) groups is 2. The smallest absolute Gasteiger partial charge is 0.339 e. The first-order valence-electron chi connectivity index (χ1n) is 9.52. The number of esters is 1. The Hall–Kier alpha value is -3.51. The summed E-state index contributed by atoms with van der Waals surface area (Å²) in [5, 5.41) is 0.747. The summed E-state index contributed by atoms with van der Waals surface area (Å²) < 4.78 is 6.38. The molecule has 1 amide bonds. The zero-order chi connectivity index (χ0) is 20.9. The predicted molar refractivity (Wildman–Crippen MR) is 118 cm³/mol. The van der Waals surface area contributed by atoms with E-state index in [1.165, 1.54) is 11.3 Å². The number of thiazole rings is 1. The second-order valence-electron chi connectivity index (χ2n) is 6.84. The van der Waals surface area contributed by atoms with Crippen LogP contribution in [-0.2, 0) is 16.1 Å². The number of aromatic nitrogens is 1. The highest BCUT2D eigenvalue weighted by atomic mass is 32.1. The van der Waals surface area contributed by atoms with Gasteiger partial charge in [-0.1, -0.05) is 60.7 Å². The highest BCUT2D eigenvalue weighted by Crippen LogP contribution is 2.32. The fraction of sp³-hybridized carbons (Fsp3) is 0.125. The zero-order valence-electron chi connectivity index (χ0n) is 16.4. The molecule has 0 unspecified atom stereocenters. The average Bonchev–Trinajstić information content (AvgIpc) is 3.22. The molecule has 0 aliphatic heterocycles. The van der Waals surface area contributed by atoms with Crippen LogP contribution in [-0.4, -0.2) is 35.4 Å². The molecule has 6 heteroatoms. The number of ether oxygens (including phenoxy) is 1. The van der Waals surface area contributed by atoms with Crippen LogP contribution in [0.25, 0.3) is 20.8 Å². The minimum Gasteiger partial charge on any atom is -0.452 e. The normalized spacial score (nSPS) is 10.7. The van der Waals surface area contributed by atoms with Gasteiger partial charge >= 0.3 is 5.97 Å².